The van der Waals surface area contributed by atoms with E-state index in [0.717, 1.165) is 10.7 Å². The van der Waals surface area contributed by atoms with Crippen LogP contribution in [0.25, 0.3) is 0 Å². The molecule has 3 heteroatoms. The zero-order valence-electron chi connectivity index (χ0n) is 7.00. The first-order valence-electron chi connectivity index (χ1n) is 3.03. The largest absolute Gasteiger partial charge is 1.00 e. The van der Waals surface area contributed by atoms with E-state index in [0.29, 0.717) is 0 Å². The van der Waals surface area contributed by atoms with E-state index in [1.54, 1.807) is 0 Å². The van der Waals surface area contributed by atoms with Gasteiger partial charge in [-0.15, -0.1) is 0 Å². The molecular formula is C6H13Br2Na. The van der Waals surface area contributed by atoms with Crippen molar-refractivity contribution >= 4 is 31.9 Å². The Morgan fingerprint density at radius 1 is 0.778 bits per heavy atom. The van der Waals surface area contributed by atoms with Crippen molar-refractivity contribution in [2.24, 2.45) is 0 Å². The third-order valence-corrected chi connectivity index (χ3v) is 2.14. The van der Waals surface area contributed by atoms with Crippen LogP contribution in [-0.2, 0) is 0 Å². The molecule has 0 aliphatic rings. The van der Waals surface area contributed by atoms with Crippen LogP contribution in [0.2, 0.25) is 0 Å². The van der Waals surface area contributed by atoms with Crippen LogP contribution in [-0.4, -0.2) is 10.7 Å². The first-order chi connectivity index (χ1) is 3.91. The van der Waals surface area contributed by atoms with Crippen LogP contribution in [0.5, 0.6) is 0 Å². The van der Waals surface area contributed by atoms with Crippen LogP contribution >= 0.6 is 31.9 Å². The van der Waals surface area contributed by atoms with E-state index in [4.69, 9.17) is 0 Å². The van der Waals surface area contributed by atoms with Crippen LogP contribution in [0, 0.1) is 0 Å². The fourth-order valence-corrected chi connectivity index (χ4v) is 1.34. The normalized spacial score (nSPS) is 8.67. The predicted molar refractivity (Wildman–Crippen MR) is 47.2 cm³/mol. The molecule has 0 atom stereocenters. The van der Waals surface area contributed by atoms with Crippen molar-refractivity contribution in [3.05, 3.63) is 0 Å². The minimum Gasteiger partial charge on any atom is -1.00 e. The van der Waals surface area contributed by atoms with E-state index >= 15 is 0 Å². The van der Waals surface area contributed by atoms with E-state index in [-0.39, 0.29) is 31.0 Å². The standard InChI is InChI=1S/C6H12Br2.Na.H/c7-5-3-1-2-4-6-8;;/h1-6H2;;/q;+1;-1. The van der Waals surface area contributed by atoms with Gasteiger partial charge in [-0.2, -0.15) is 0 Å². The fraction of sp³-hybridized carbons (Fsp3) is 1.00. The van der Waals surface area contributed by atoms with Gasteiger partial charge >= 0.3 is 29.6 Å². The summed E-state index contributed by atoms with van der Waals surface area (Å²) >= 11 is 6.78. The number of rotatable bonds is 5. The molecule has 0 bridgehead atoms. The Balaban J connectivity index is -0.000000245. The van der Waals surface area contributed by atoms with Gasteiger partial charge in [-0.1, -0.05) is 44.7 Å². The second kappa shape index (κ2) is 12.6. The summed E-state index contributed by atoms with van der Waals surface area (Å²) in [5.74, 6) is 0. The second-order valence-corrected chi connectivity index (χ2v) is 3.38. The summed E-state index contributed by atoms with van der Waals surface area (Å²) in [6.45, 7) is 0. The molecule has 0 N–H and O–H groups in total. The van der Waals surface area contributed by atoms with Gasteiger partial charge in [0, 0.05) is 10.7 Å². The van der Waals surface area contributed by atoms with Crippen LogP contribution in [0.15, 0.2) is 0 Å². The summed E-state index contributed by atoms with van der Waals surface area (Å²) < 4.78 is 0. The molecule has 0 spiro atoms. The summed E-state index contributed by atoms with van der Waals surface area (Å²) in [5.41, 5.74) is 0. The van der Waals surface area contributed by atoms with Gasteiger partial charge in [-0.3, -0.25) is 0 Å². The molecule has 0 saturated carbocycles. The molecule has 0 nitrogen and oxygen atoms in total. The minimum absolute atomic E-state index is 0. The number of alkyl halides is 2. The number of halogens is 2. The molecular weight excluding hydrogens is 255 g/mol. The Morgan fingerprint density at radius 3 is 1.33 bits per heavy atom. The van der Waals surface area contributed by atoms with E-state index in [9.17, 15) is 0 Å². The van der Waals surface area contributed by atoms with Crippen LogP contribution in [0.1, 0.15) is 27.1 Å². The van der Waals surface area contributed by atoms with Gasteiger partial charge in [-0.05, 0) is 12.8 Å². The van der Waals surface area contributed by atoms with Gasteiger partial charge in [0.25, 0.3) is 0 Å². The smallest absolute Gasteiger partial charge is 1.00 e. The summed E-state index contributed by atoms with van der Waals surface area (Å²) in [5, 5.41) is 2.32. The summed E-state index contributed by atoms with van der Waals surface area (Å²) in [4.78, 5) is 0. The summed E-state index contributed by atoms with van der Waals surface area (Å²) in [7, 11) is 0. The van der Waals surface area contributed by atoms with Crippen molar-refractivity contribution in [1.82, 2.24) is 0 Å². The molecule has 0 amide bonds. The van der Waals surface area contributed by atoms with Gasteiger partial charge in [-0.25, -0.2) is 0 Å². The molecule has 0 aliphatic heterocycles. The van der Waals surface area contributed by atoms with Gasteiger partial charge in [0.05, 0.1) is 0 Å². The fourth-order valence-electron chi connectivity index (χ4n) is 0.543. The Morgan fingerprint density at radius 2 is 1.11 bits per heavy atom. The van der Waals surface area contributed by atoms with Crippen LogP contribution in [0.4, 0.5) is 0 Å². The minimum atomic E-state index is 0. The molecule has 0 aliphatic carbocycles. The molecule has 0 fully saturated rings. The molecule has 52 valence electrons. The van der Waals surface area contributed by atoms with Crippen LogP contribution < -0.4 is 29.6 Å². The zero-order chi connectivity index (χ0) is 6.24. The predicted octanol–water partition coefficient (Wildman–Crippen LogP) is 0.453. The van der Waals surface area contributed by atoms with Gasteiger partial charge in [0.15, 0.2) is 0 Å². The number of unbranched alkanes of at least 4 members (excludes halogenated alkanes) is 3. The van der Waals surface area contributed by atoms with E-state index < -0.39 is 0 Å². The van der Waals surface area contributed by atoms with Gasteiger partial charge in [0.1, 0.15) is 0 Å². The number of hydrogen-bond acceptors (Lipinski definition) is 0. The van der Waals surface area contributed by atoms with Crippen molar-refractivity contribution in [2.45, 2.75) is 25.7 Å². The first kappa shape index (κ1) is 13.5. The van der Waals surface area contributed by atoms with Crippen molar-refractivity contribution in [1.29, 1.82) is 0 Å². The molecule has 0 aromatic heterocycles. The monoisotopic (exact) mass is 266 g/mol. The Labute approximate surface area is 98.2 Å². The molecule has 0 rings (SSSR count). The van der Waals surface area contributed by atoms with E-state index in [1.165, 1.54) is 25.7 Å². The Kier molecular flexibility index (Phi) is 19.0. The topological polar surface area (TPSA) is 0 Å². The average Bonchev–Trinajstić information content (AvgIpc) is 1.81. The van der Waals surface area contributed by atoms with Crippen molar-refractivity contribution in [3.8, 4) is 0 Å². The Bertz CT molecular complexity index is 40.7. The summed E-state index contributed by atoms with van der Waals surface area (Å²) in [6, 6.07) is 0. The molecule has 9 heavy (non-hydrogen) atoms. The number of hydrogen-bond donors (Lipinski definition) is 0. The third kappa shape index (κ3) is 13.0. The maximum atomic E-state index is 3.39. The van der Waals surface area contributed by atoms with Crippen molar-refractivity contribution in [3.63, 3.8) is 0 Å². The van der Waals surface area contributed by atoms with Crippen LogP contribution in [0.3, 0.4) is 0 Å². The molecule has 0 heterocycles. The van der Waals surface area contributed by atoms with Gasteiger partial charge in [0.2, 0.25) is 0 Å². The second-order valence-electron chi connectivity index (χ2n) is 1.79. The van der Waals surface area contributed by atoms with Crippen molar-refractivity contribution < 1.29 is 31.0 Å². The van der Waals surface area contributed by atoms with Gasteiger partial charge < -0.3 is 1.43 Å². The first-order valence-corrected chi connectivity index (χ1v) is 5.28. The molecule has 0 aromatic carbocycles. The van der Waals surface area contributed by atoms with E-state index in [1.807, 2.05) is 0 Å². The molecule has 0 aromatic rings. The van der Waals surface area contributed by atoms with E-state index in [2.05, 4.69) is 31.9 Å². The quantitative estimate of drug-likeness (QED) is 0.386. The SMILES string of the molecule is BrCCCCCCBr.[H-].[Na+]. The average molecular weight is 268 g/mol. The third-order valence-electron chi connectivity index (χ3n) is 1.02. The Hall–Kier alpha value is 1.96. The maximum absolute atomic E-state index is 3.39. The maximum Gasteiger partial charge on any atom is 1.00 e. The molecule has 0 radical (unpaired) electrons. The summed E-state index contributed by atoms with van der Waals surface area (Å²) in [6.07, 6.45) is 5.40. The molecule has 0 unspecified atom stereocenters. The van der Waals surface area contributed by atoms with Crippen molar-refractivity contribution in [2.75, 3.05) is 10.7 Å². The zero-order valence-corrected chi connectivity index (χ0v) is 11.2. The molecule has 0 saturated heterocycles.